The van der Waals surface area contributed by atoms with Gasteiger partial charge >= 0.3 is 5.97 Å². The van der Waals surface area contributed by atoms with E-state index in [1.54, 1.807) is 0 Å². The minimum atomic E-state index is -0.210. The second-order valence-corrected chi connectivity index (χ2v) is 3.60. The van der Waals surface area contributed by atoms with Crippen LogP contribution in [0.1, 0.15) is 12.2 Å². The van der Waals surface area contributed by atoms with Crippen molar-refractivity contribution in [3.63, 3.8) is 0 Å². The van der Waals surface area contributed by atoms with Crippen LogP contribution in [0.2, 0.25) is 0 Å². The van der Waals surface area contributed by atoms with E-state index in [2.05, 4.69) is 14.1 Å². The van der Waals surface area contributed by atoms with Gasteiger partial charge in [-0.05, 0) is 6.92 Å². The lowest BCUT2D eigenvalue weighted by Crippen LogP contribution is -2.21. The first-order valence-corrected chi connectivity index (χ1v) is 4.99. The van der Waals surface area contributed by atoms with E-state index in [1.807, 2.05) is 18.9 Å². The van der Waals surface area contributed by atoms with Gasteiger partial charge in [-0.2, -0.15) is 4.37 Å². The van der Waals surface area contributed by atoms with Crippen molar-refractivity contribution in [1.29, 1.82) is 0 Å². The average molecular weight is 215 g/mol. The minimum absolute atomic E-state index is 0.210. The van der Waals surface area contributed by atoms with E-state index in [0.29, 0.717) is 13.0 Å². The van der Waals surface area contributed by atoms with Gasteiger partial charge in [-0.1, -0.05) is 0 Å². The zero-order valence-corrected chi connectivity index (χ0v) is 9.30. The number of nitrogens with zero attached hydrogens (tertiary/aromatic N) is 3. The van der Waals surface area contributed by atoms with E-state index in [9.17, 15) is 4.79 Å². The Morgan fingerprint density at radius 1 is 1.64 bits per heavy atom. The van der Waals surface area contributed by atoms with Crippen LogP contribution in [0.3, 0.4) is 0 Å². The smallest absolute Gasteiger partial charge is 0.307 e. The molecule has 0 saturated carbocycles. The number of esters is 1. The zero-order chi connectivity index (χ0) is 10.6. The van der Waals surface area contributed by atoms with Crippen molar-refractivity contribution >= 4 is 22.6 Å². The first-order chi connectivity index (χ1) is 6.63. The molecule has 5 nitrogen and oxygen atoms in total. The van der Waals surface area contributed by atoms with E-state index >= 15 is 0 Å². The Bertz CT molecular complexity index is 313. The summed E-state index contributed by atoms with van der Waals surface area (Å²) in [7, 11) is 3.26. The molecular weight excluding hydrogens is 202 g/mol. The van der Waals surface area contributed by atoms with E-state index in [-0.39, 0.29) is 5.97 Å². The van der Waals surface area contributed by atoms with Gasteiger partial charge in [-0.3, -0.25) is 4.79 Å². The van der Waals surface area contributed by atoms with E-state index in [1.165, 1.54) is 18.6 Å². The van der Waals surface area contributed by atoms with Gasteiger partial charge in [0.15, 0.2) is 0 Å². The summed E-state index contributed by atoms with van der Waals surface area (Å²) in [5.41, 5.74) is 0. The van der Waals surface area contributed by atoms with Gasteiger partial charge in [0.05, 0.1) is 13.5 Å². The summed E-state index contributed by atoms with van der Waals surface area (Å²) in [6.07, 6.45) is 0.367. The van der Waals surface area contributed by atoms with Crippen LogP contribution in [0.4, 0.5) is 5.13 Å². The molecule has 0 aliphatic carbocycles. The first-order valence-electron chi connectivity index (χ1n) is 4.21. The Balaban J connectivity index is 2.42. The molecule has 0 radical (unpaired) electrons. The molecule has 78 valence electrons. The highest BCUT2D eigenvalue weighted by Gasteiger charge is 2.08. The Morgan fingerprint density at radius 3 is 2.86 bits per heavy atom. The monoisotopic (exact) mass is 215 g/mol. The van der Waals surface area contributed by atoms with Crippen LogP contribution >= 0.6 is 11.5 Å². The first kappa shape index (κ1) is 10.9. The maximum atomic E-state index is 10.9. The van der Waals surface area contributed by atoms with Crippen LogP contribution in [0.15, 0.2) is 0 Å². The van der Waals surface area contributed by atoms with Gasteiger partial charge < -0.3 is 9.64 Å². The molecule has 0 bridgehead atoms. The summed E-state index contributed by atoms with van der Waals surface area (Å²) in [5.74, 6) is 0.549. The number of methoxy groups -OCH3 is 1. The third-order valence-electron chi connectivity index (χ3n) is 1.72. The number of hydrogen-bond acceptors (Lipinski definition) is 6. The number of rotatable bonds is 4. The molecule has 0 saturated heterocycles. The summed E-state index contributed by atoms with van der Waals surface area (Å²) >= 11 is 1.33. The topological polar surface area (TPSA) is 55.3 Å². The number of aromatic nitrogens is 2. The third-order valence-corrected chi connectivity index (χ3v) is 2.64. The van der Waals surface area contributed by atoms with Gasteiger partial charge in [0.25, 0.3) is 0 Å². The van der Waals surface area contributed by atoms with Crippen molar-refractivity contribution in [2.45, 2.75) is 13.3 Å². The fraction of sp³-hybridized carbons (Fsp3) is 0.625. The molecule has 0 atom stereocenters. The summed E-state index contributed by atoms with van der Waals surface area (Å²) < 4.78 is 8.60. The fourth-order valence-corrected chi connectivity index (χ4v) is 1.56. The molecule has 0 fully saturated rings. The van der Waals surface area contributed by atoms with Crippen molar-refractivity contribution in [1.82, 2.24) is 9.36 Å². The molecule has 0 aliphatic rings. The van der Waals surface area contributed by atoms with Crippen LogP contribution in [0.25, 0.3) is 0 Å². The highest BCUT2D eigenvalue weighted by Crippen LogP contribution is 2.14. The van der Waals surface area contributed by atoms with E-state index in [0.717, 1.165) is 11.0 Å². The second kappa shape index (κ2) is 4.90. The van der Waals surface area contributed by atoms with Gasteiger partial charge in [0.2, 0.25) is 5.13 Å². The second-order valence-electron chi connectivity index (χ2n) is 2.87. The van der Waals surface area contributed by atoms with Crippen LogP contribution in [-0.2, 0) is 9.53 Å². The molecule has 1 aromatic heterocycles. The lowest BCUT2D eigenvalue weighted by Gasteiger charge is -2.13. The molecule has 1 heterocycles. The van der Waals surface area contributed by atoms with Crippen molar-refractivity contribution < 1.29 is 9.53 Å². The number of ether oxygens (including phenoxy) is 1. The fourth-order valence-electron chi connectivity index (χ4n) is 0.898. The largest absolute Gasteiger partial charge is 0.469 e. The molecule has 0 spiro atoms. The summed E-state index contributed by atoms with van der Waals surface area (Å²) in [6, 6.07) is 0. The molecule has 0 N–H and O–H groups in total. The molecular formula is C8H13N3O2S. The highest BCUT2D eigenvalue weighted by atomic mass is 32.1. The van der Waals surface area contributed by atoms with Crippen molar-refractivity contribution in [3.05, 3.63) is 5.82 Å². The molecule has 1 rings (SSSR count). The summed E-state index contributed by atoms with van der Waals surface area (Å²) in [5, 5.41) is 0.825. The molecule has 0 unspecified atom stereocenters. The normalized spacial score (nSPS) is 9.93. The SMILES string of the molecule is COC(=O)CCN(C)c1nc(C)ns1. The highest BCUT2D eigenvalue weighted by molar-refractivity contribution is 7.09. The quantitative estimate of drug-likeness (QED) is 0.697. The molecule has 0 amide bonds. The average Bonchev–Trinajstić information content (AvgIpc) is 2.60. The van der Waals surface area contributed by atoms with Gasteiger partial charge in [0, 0.05) is 25.1 Å². The number of anilines is 1. The lowest BCUT2D eigenvalue weighted by atomic mass is 10.4. The van der Waals surface area contributed by atoms with E-state index < -0.39 is 0 Å². The van der Waals surface area contributed by atoms with Crippen molar-refractivity contribution in [2.75, 3.05) is 25.6 Å². The van der Waals surface area contributed by atoms with Crippen LogP contribution in [0.5, 0.6) is 0 Å². The summed E-state index contributed by atoms with van der Waals surface area (Å²) in [4.78, 5) is 17.0. The predicted molar refractivity (Wildman–Crippen MR) is 54.5 cm³/mol. The Hall–Kier alpha value is -1.17. The van der Waals surface area contributed by atoms with Crippen LogP contribution in [0, 0.1) is 6.92 Å². The van der Waals surface area contributed by atoms with E-state index in [4.69, 9.17) is 0 Å². The number of hydrogen-bond donors (Lipinski definition) is 0. The number of carbonyl (C=O) groups is 1. The van der Waals surface area contributed by atoms with Crippen molar-refractivity contribution in [3.8, 4) is 0 Å². The number of aryl methyl sites for hydroxylation is 1. The Kier molecular flexibility index (Phi) is 3.82. The lowest BCUT2D eigenvalue weighted by molar-refractivity contribution is -0.140. The van der Waals surface area contributed by atoms with Gasteiger partial charge in [-0.15, -0.1) is 0 Å². The van der Waals surface area contributed by atoms with Crippen LogP contribution in [-0.4, -0.2) is 36.0 Å². The van der Waals surface area contributed by atoms with Gasteiger partial charge in [-0.25, -0.2) is 4.98 Å². The molecule has 1 aromatic rings. The predicted octanol–water partition coefficient (Wildman–Crippen LogP) is 0.846. The van der Waals surface area contributed by atoms with Crippen molar-refractivity contribution in [2.24, 2.45) is 0 Å². The maximum absolute atomic E-state index is 10.9. The zero-order valence-electron chi connectivity index (χ0n) is 8.48. The molecule has 14 heavy (non-hydrogen) atoms. The third kappa shape index (κ3) is 2.95. The Labute approximate surface area is 86.9 Å². The maximum Gasteiger partial charge on any atom is 0.307 e. The van der Waals surface area contributed by atoms with Gasteiger partial charge in [0.1, 0.15) is 5.82 Å². The Morgan fingerprint density at radius 2 is 2.36 bits per heavy atom. The molecule has 0 aliphatic heterocycles. The summed E-state index contributed by atoms with van der Waals surface area (Å²) in [6.45, 7) is 2.44. The molecule has 0 aromatic carbocycles. The number of carbonyl (C=O) groups excluding carboxylic acids is 1. The van der Waals surface area contributed by atoms with Crippen LogP contribution < -0.4 is 4.90 Å². The molecule has 6 heteroatoms. The standard InChI is InChI=1S/C8H13N3O2S/c1-6-9-8(14-10-6)11(2)5-4-7(12)13-3/h4-5H2,1-3H3. The minimum Gasteiger partial charge on any atom is -0.469 e.